The molecule has 5 heteroatoms. The highest BCUT2D eigenvalue weighted by atomic mass is 32.1. The summed E-state index contributed by atoms with van der Waals surface area (Å²) in [7, 11) is 0. The smallest absolute Gasteiger partial charge is 0.407 e. The van der Waals surface area contributed by atoms with Gasteiger partial charge in [-0.2, -0.15) is 0 Å². The van der Waals surface area contributed by atoms with Crippen molar-refractivity contribution in [3.05, 3.63) is 21.9 Å². The molecule has 1 unspecified atom stereocenters. The molecule has 20 heavy (non-hydrogen) atoms. The first-order valence-corrected chi connectivity index (χ1v) is 7.93. The van der Waals surface area contributed by atoms with Crippen molar-refractivity contribution < 1.29 is 9.53 Å². The summed E-state index contributed by atoms with van der Waals surface area (Å²) in [5.74, 6) is 0. The molecule has 0 aromatic carbocycles. The Morgan fingerprint density at radius 2 is 2.15 bits per heavy atom. The van der Waals surface area contributed by atoms with Gasteiger partial charge >= 0.3 is 6.09 Å². The Hall–Kier alpha value is -1.07. The van der Waals surface area contributed by atoms with Gasteiger partial charge in [0.2, 0.25) is 0 Å². The van der Waals surface area contributed by atoms with Crippen molar-refractivity contribution in [1.82, 2.24) is 10.6 Å². The molecule has 0 radical (unpaired) electrons. The number of aryl methyl sites for hydroxylation is 1. The fourth-order valence-corrected chi connectivity index (χ4v) is 2.56. The first kappa shape index (κ1) is 17.0. The summed E-state index contributed by atoms with van der Waals surface area (Å²) in [5.41, 5.74) is 0.866. The molecule has 1 heterocycles. The monoisotopic (exact) mass is 298 g/mol. The van der Waals surface area contributed by atoms with E-state index in [0.29, 0.717) is 6.54 Å². The molecule has 4 nitrogen and oxygen atoms in total. The van der Waals surface area contributed by atoms with Gasteiger partial charge in [-0.05, 0) is 51.1 Å². The van der Waals surface area contributed by atoms with Gasteiger partial charge in [-0.25, -0.2) is 4.79 Å². The van der Waals surface area contributed by atoms with Crippen molar-refractivity contribution in [3.63, 3.8) is 0 Å². The summed E-state index contributed by atoms with van der Waals surface area (Å²) in [4.78, 5) is 13.0. The number of hydrogen-bond acceptors (Lipinski definition) is 4. The fraction of sp³-hybridized carbons (Fsp3) is 0.667. The van der Waals surface area contributed by atoms with E-state index in [0.717, 1.165) is 13.0 Å². The van der Waals surface area contributed by atoms with Gasteiger partial charge in [-0.3, -0.25) is 0 Å². The van der Waals surface area contributed by atoms with Gasteiger partial charge in [0.05, 0.1) is 0 Å². The van der Waals surface area contributed by atoms with E-state index >= 15 is 0 Å². The zero-order chi connectivity index (χ0) is 15.2. The third kappa shape index (κ3) is 6.39. The molecule has 0 aliphatic carbocycles. The minimum Gasteiger partial charge on any atom is -0.444 e. The summed E-state index contributed by atoms with van der Waals surface area (Å²) in [6.45, 7) is 11.2. The molecule has 0 aliphatic heterocycles. The predicted molar refractivity (Wildman–Crippen MR) is 84.2 cm³/mol. The van der Waals surface area contributed by atoms with Gasteiger partial charge in [-0.15, -0.1) is 11.3 Å². The lowest BCUT2D eigenvalue weighted by molar-refractivity contribution is 0.0522. The standard InChI is InChI=1S/C15H26N2O2S/c1-6-12(9-17-14(18)19-15(3,4)5)16-10-13-11(2)7-8-20-13/h7-8,12,16H,6,9-10H2,1-5H3,(H,17,18). The Balaban J connectivity index is 2.33. The number of thiophene rings is 1. The summed E-state index contributed by atoms with van der Waals surface area (Å²) >= 11 is 1.76. The molecule has 1 rings (SSSR count). The van der Waals surface area contributed by atoms with Gasteiger partial charge in [-0.1, -0.05) is 6.92 Å². The van der Waals surface area contributed by atoms with Crippen LogP contribution < -0.4 is 10.6 Å². The zero-order valence-corrected chi connectivity index (χ0v) is 13.9. The molecule has 1 atom stereocenters. The molecular weight excluding hydrogens is 272 g/mol. The van der Waals surface area contributed by atoms with Crippen LogP contribution in [0.2, 0.25) is 0 Å². The lowest BCUT2D eigenvalue weighted by Crippen LogP contribution is -2.42. The predicted octanol–water partition coefficient (Wildman–Crippen LogP) is 3.45. The summed E-state index contributed by atoms with van der Waals surface area (Å²) in [6.07, 6.45) is 0.602. The minimum atomic E-state index is -0.451. The molecule has 0 fully saturated rings. The van der Waals surface area contributed by atoms with E-state index in [1.807, 2.05) is 20.8 Å². The number of amides is 1. The molecule has 1 aromatic heterocycles. The molecule has 2 N–H and O–H groups in total. The third-order valence-corrected chi connectivity index (χ3v) is 3.93. The van der Waals surface area contributed by atoms with E-state index in [1.54, 1.807) is 11.3 Å². The summed E-state index contributed by atoms with van der Waals surface area (Å²) in [6, 6.07) is 2.38. The van der Waals surface area contributed by atoms with Crippen LogP contribution in [0.4, 0.5) is 4.79 Å². The van der Waals surface area contributed by atoms with Crippen LogP contribution in [0.15, 0.2) is 11.4 Å². The van der Waals surface area contributed by atoms with Gasteiger partial charge in [0, 0.05) is 24.0 Å². The second kappa shape index (κ2) is 7.64. The van der Waals surface area contributed by atoms with E-state index in [2.05, 4.69) is 35.9 Å². The van der Waals surface area contributed by atoms with Crippen LogP contribution >= 0.6 is 11.3 Å². The molecular formula is C15H26N2O2S. The number of carbonyl (C=O) groups is 1. The van der Waals surface area contributed by atoms with Crippen LogP contribution in [0.25, 0.3) is 0 Å². The van der Waals surface area contributed by atoms with Gasteiger partial charge in [0.1, 0.15) is 5.60 Å². The number of rotatable bonds is 6. The fourth-order valence-electron chi connectivity index (χ4n) is 1.70. The molecule has 114 valence electrons. The van der Waals surface area contributed by atoms with Crippen LogP contribution in [0.3, 0.4) is 0 Å². The number of carbonyl (C=O) groups excluding carboxylic acids is 1. The van der Waals surface area contributed by atoms with Crippen LogP contribution in [-0.2, 0) is 11.3 Å². The van der Waals surface area contributed by atoms with Gasteiger partial charge in [0.25, 0.3) is 0 Å². The van der Waals surface area contributed by atoms with Crippen LogP contribution in [-0.4, -0.2) is 24.3 Å². The number of ether oxygens (including phenoxy) is 1. The van der Waals surface area contributed by atoms with Crippen LogP contribution in [0.5, 0.6) is 0 Å². The van der Waals surface area contributed by atoms with E-state index in [-0.39, 0.29) is 12.1 Å². The van der Waals surface area contributed by atoms with E-state index < -0.39 is 5.60 Å². The maximum atomic E-state index is 11.6. The van der Waals surface area contributed by atoms with Crippen molar-refractivity contribution in [1.29, 1.82) is 0 Å². The van der Waals surface area contributed by atoms with Crippen molar-refractivity contribution in [2.45, 2.75) is 59.2 Å². The molecule has 1 amide bonds. The Morgan fingerprint density at radius 1 is 1.45 bits per heavy atom. The summed E-state index contributed by atoms with van der Waals surface area (Å²) in [5, 5.41) is 8.39. The molecule has 1 aromatic rings. The number of nitrogens with one attached hydrogen (secondary N) is 2. The largest absolute Gasteiger partial charge is 0.444 e. The minimum absolute atomic E-state index is 0.254. The Morgan fingerprint density at radius 3 is 2.65 bits per heavy atom. The average Bonchev–Trinajstić information content (AvgIpc) is 2.73. The number of alkyl carbamates (subject to hydrolysis) is 1. The topological polar surface area (TPSA) is 50.4 Å². The highest BCUT2D eigenvalue weighted by molar-refractivity contribution is 7.10. The summed E-state index contributed by atoms with van der Waals surface area (Å²) < 4.78 is 5.23. The quantitative estimate of drug-likeness (QED) is 0.845. The maximum Gasteiger partial charge on any atom is 0.407 e. The molecule has 0 saturated heterocycles. The van der Waals surface area contributed by atoms with Crippen molar-refractivity contribution >= 4 is 17.4 Å². The lowest BCUT2D eigenvalue weighted by Gasteiger charge is -2.22. The lowest BCUT2D eigenvalue weighted by atomic mass is 10.2. The van der Waals surface area contributed by atoms with Crippen molar-refractivity contribution in [2.24, 2.45) is 0 Å². The normalized spacial score (nSPS) is 13.1. The average molecular weight is 298 g/mol. The van der Waals surface area contributed by atoms with Gasteiger partial charge < -0.3 is 15.4 Å². The highest BCUT2D eigenvalue weighted by Gasteiger charge is 2.17. The first-order valence-electron chi connectivity index (χ1n) is 7.05. The molecule has 0 bridgehead atoms. The van der Waals surface area contributed by atoms with Crippen LogP contribution in [0.1, 0.15) is 44.6 Å². The first-order chi connectivity index (χ1) is 9.31. The second-order valence-corrected chi connectivity index (χ2v) is 6.90. The Kier molecular flexibility index (Phi) is 6.49. The van der Waals surface area contributed by atoms with Crippen molar-refractivity contribution in [3.8, 4) is 0 Å². The SMILES string of the molecule is CCC(CNC(=O)OC(C)(C)C)NCc1sccc1C. The van der Waals surface area contributed by atoms with Gasteiger partial charge in [0.15, 0.2) is 0 Å². The Labute approximate surface area is 125 Å². The van der Waals surface area contributed by atoms with Crippen molar-refractivity contribution in [2.75, 3.05) is 6.54 Å². The number of hydrogen-bond donors (Lipinski definition) is 2. The zero-order valence-electron chi connectivity index (χ0n) is 13.1. The van der Waals surface area contributed by atoms with E-state index in [4.69, 9.17) is 4.74 Å². The highest BCUT2D eigenvalue weighted by Crippen LogP contribution is 2.15. The molecule has 0 saturated carbocycles. The molecule has 0 aliphatic rings. The molecule has 0 spiro atoms. The van der Waals surface area contributed by atoms with Crippen LogP contribution in [0, 0.1) is 6.92 Å². The second-order valence-electron chi connectivity index (χ2n) is 5.90. The Bertz CT molecular complexity index is 424. The van der Waals surface area contributed by atoms with E-state index in [9.17, 15) is 4.79 Å². The maximum absolute atomic E-state index is 11.6. The van der Waals surface area contributed by atoms with E-state index in [1.165, 1.54) is 10.4 Å². The third-order valence-electron chi connectivity index (χ3n) is 2.90.